The number of alkyl halides is 1. The van der Waals surface area contributed by atoms with Crippen molar-refractivity contribution in [3.63, 3.8) is 0 Å². The molecule has 0 aliphatic heterocycles. The number of halogens is 2. The summed E-state index contributed by atoms with van der Waals surface area (Å²) in [6, 6.07) is 5.75. The second kappa shape index (κ2) is 5.72. The number of nitrogens with zero attached hydrogens (tertiary/aromatic N) is 3. The van der Waals surface area contributed by atoms with Crippen molar-refractivity contribution in [1.29, 1.82) is 0 Å². The van der Waals surface area contributed by atoms with Crippen molar-refractivity contribution in [3.8, 4) is 0 Å². The van der Waals surface area contributed by atoms with E-state index in [2.05, 4.69) is 19.9 Å². The molecule has 0 N–H and O–H groups in total. The van der Waals surface area contributed by atoms with Gasteiger partial charge in [0.2, 0.25) is 0 Å². The molecule has 0 spiro atoms. The average molecular weight is 326 g/mol. The number of thiazole rings is 1. The van der Waals surface area contributed by atoms with Gasteiger partial charge in [0.1, 0.15) is 10.8 Å². The van der Waals surface area contributed by atoms with Gasteiger partial charge in [-0.3, -0.25) is 0 Å². The van der Waals surface area contributed by atoms with Crippen LogP contribution >= 0.6 is 34.5 Å². The summed E-state index contributed by atoms with van der Waals surface area (Å²) in [6.07, 6.45) is 0.734. The second-order valence-corrected chi connectivity index (χ2v) is 6.33. The molecule has 3 rings (SSSR count). The van der Waals surface area contributed by atoms with Crippen LogP contribution < -0.4 is 0 Å². The smallest absolute Gasteiger partial charge is 0.113 e. The minimum Gasteiger partial charge on any atom is -0.321 e. The predicted octanol–water partition coefficient (Wildman–Crippen LogP) is 4.28. The molecule has 0 fully saturated rings. The molecule has 0 saturated heterocycles. The van der Waals surface area contributed by atoms with Crippen LogP contribution in [0.1, 0.15) is 16.5 Å². The molecule has 0 amide bonds. The first kappa shape index (κ1) is 13.9. The number of hydrogen-bond donors (Lipinski definition) is 0. The van der Waals surface area contributed by atoms with Crippen LogP contribution in [0.3, 0.4) is 0 Å². The Balaban J connectivity index is 2.09. The SMILES string of the molecule is Cc1csc(Cn2c(CCCl)nc3ccc(Cl)cc32)n1. The molecule has 0 radical (unpaired) electrons. The number of rotatable bonds is 4. The van der Waals surface area contributed by atoms with Crippen LogP contribution in [0, 0.1) is 6.92 Å². The summed E-state index contributed by atoms with van der Waals surface area (Å²) in [4.78, 5) is 9.16. The van der Waals surface area contributed by atoms with Gasteiger partial charge in [-0.1, -0.05) is 11.6 Å². The number of hydrogen-bond acceptors (Lipinski definition) is 3. The van der Waals surface area contributed by atoms with Gasteiger partial charge in [-0.25, -0.2) is 9.97 Å². The van der Waals surface area contributed by atoms with E-state index in [1.165, 1.54) is 0 Å². The maximum absolute atomic E-state index is 6.10. The van der Waals surface area contributed by atoms with Crippen LogP contribution in [0.5, 0.6) is 0 Å². The molecular weight excluding hydrogens is 313 g/mol. The fourth-order valence-electron chi connectivity index (χ4n) is 2.21. The molecule has 2 heterocycles. The fourth-order valence-corrected chi connectivity index (χ4v) is 3.30. The Morgan fingerprint density at radius 1 is 1.30 bits per heavy atom. The first-order valence-corrected chi connectivity index (χ1v) is 8.08. The van der Waals surface area contributed by atoms with Crippen molar-refractivity contribution < 1.29 is 0 Å². The summed E-state index contributed by atoms with van der Waals surface area (Å²) >= 11 is 13.6. The number of fused-ring (bicyclic) bond motifs is 1. The lowest BCUT2D eigenvalue weighted by Crippen LogP contribution is -2.05. The molecule has 104 valence electrons. The van der Waals surface area contributed by atoms with Crippen molar-refractivity contribution in [2.75, 3.05) is 5.88 Å². The summed E-state index contributed by atoms with van der Waals surface area (Å²) in [5.41, 5.74) is 3.03. The second-order valence-electron chi connectivity index (χ2n) is 4.57. The van der Waals surface area contributed by atoms with E-state index in [0.717, 1.165) is 34.0 Å². The van der Waals surface area contributed by atoms with Gasteiger partial charge in [-0.2, -0.15) is 0 Å². The van der Waals surface area contributed by atoms with Gasteiger partial charge in [0.25, 0.3) is 0 Å². The zero-order valence-electron chi connectivity index (χ0n) is 10.9. The van der Waals surface area contributed by atoms with Crippen molar-refractivity contribution in [2.24, 2.45) is 0 Å². The maximum atomic E-state index is 6.10. The minimum absolute atomic E-state index is 0.550. The highest BCUT2D eigenvalue weighted by molar-refractivity contribution is 7.09. The lowest BCUT2D eigenvalue weighted by atomic mass is 10.3. The van der Waals surface area contributed by atoms with Crippen LogP contribution in [0.2, 0.25) is 5.02 Å². The summed E-state index contributed by atoms with van der Waals surface area (Å²) in [5, 5.41) is 3.84. The molecule has 0 bridgehead atoms. The molecule has 3 aromatic rings. The Hall–Kier alpha value is -1.10. The largest absolute Gasteiger partial charge is 0.321 e. The lowest BCUT2D eigenvalue weighted by molar-refractivity contribution is 0.748. The van der Waals surface area contributed by atoms with Gasteiger partial charge in [-0.15, -0.1) is 22.9 Å². The maximum Gasteiger partial charge on any atom is 0.113 e. The Morgan fingerprint density at radius 2 is 2.15 bits per heavy atom. The summed E-state index contributed by atoms with van der Waals surface area (Å²) < 4.78 is 2.15. The van der Waals surface area contributed by atoms with E-state index in [0.29, 0.717) is 17.4 Å². The van der Waals surface area contributed by atoms with Crippen LogP contribution in [0.15, 0.2) is 23.6 Å². The number of aryl methyl sites for hydroxylation is 2. The topological polar surface area (TPSA) is 30.7 Å². The molecule has 0 aliphatic rings. The highest BCUT2D eigenvalue weighted by atomic mass is 35.5. The van der Waals surface area contributed by atoms with Crippen molar-refractivity contribution in [1.82, 2.24) is 14.5 Å². The number of imidazole rings is 1. The Bertz CT molecular complexity index is 748. The lowest BCUT2D eigenvalue weighted by Gasteiger charge is -2.06. The predicted molar refractivity (Wildman–Crippen MR) is 85.1 cm³/mol. The van der Waals surface area contributed by atoms with E-state index in [9.17, 15) is 0 Å². The van der Waals surface area contributed by atoms with E-state index >= 15 is 0 Å². The third-order valence-electron chi connectivity index (χ3n) is 3.07. The number of aromatic nitrogens is 3. The minimum atomic E-state index is 0.550. The normalized spacial score (nSPS) is 11.3. The summed E-state index contributed by atoms with van der Waals surface area (Å²) in [5.74, 6) is 1.53. The highest BCUT2D eigenvalue weighted by Crippen LogP contribution is 2.23. The highest BCUT2D eigenvalue weighted by Gasteiger charge is 2.12. The Labute approximate surface area is 131 Å². The molecule has 3 nitrogen and oxygen atoms in total. The molecule has 1 aromatic carbocycles. The summed E-state index contributed by atoms with van der Waals surface area (Å²) in [6.45, 7) is 2.71. The van der Waals surface area contributed by atoms with Gasteiger partial charge in [0, 0.05) is 28.4 Å². The molecule has 20 heavy (non-hydrogen) atoms. The van der Waals surface area contributed by atoms with E-state index in [4.69, 9.17) is 23.2 Å². The van der Waals surface area contributed by atoms with E-state index in [-0.39, 0.29) is 0 Å². The van der Waals surface area contributed by atoms with Gasteiger partial charge < -0.3 is 4.57 Å². The van der Waals surface area contributed by atoms with Crippen molar-refractivity contribution in [3.05, 3.63) is 45.1 Å². The van der Waals surface area contributed by atoms with Crippen LogP contribution in [-0.2, 0) is 13.0 Å². The average Bonchev–Trinajstić information content (AvgIpc) is 2.96. The fraction of sp³-hybridized carbons (Fsp3) is 0.286. The van der Waals surface area contributed by atoms with E-state index in [1.54, 1.807) is 11.3 Å². The monoisotopic (exact) mass is 325 g/mol. The zero-order chi connectivity index (χ0) is 14.1. The Morgan fingerprint density at radius 3 is 2.85 bits per heavy atom. The quantitative estimate of drug-likeness (QED) is 0.670. The molecule has 0 saturated carbocycles. The first-order valence-electron chi connectivity index (χ1n) is 6.29. The third-order valence-corrected chi connectivity index (χ3v) is 4.44. The van der Waals surface area contributed by atoms with Crippen LogP contribution in [0.4, 0.5) is 0 Å². The first-order chi connectivity index (χ1) is 9.67. The molecular formula is C14H13Cl2N3S. The van der Waals surface area contributed by atoms with Gasteiger partial charge in [0.05, 0.1) is 17.6 Å². The van der Waals surface area contributed by atoms with Crippen LogP contribution in [0.25, 0.3) is 11.0 Å². The molecule has 0 aliphatic carbocycles. The number of benzene rings is 1. The Kier molecular flexibility index (Phi) is 3.96. The molecule has 0 unspecified atom stereocenters. The molecule has 0 atom stereocenters. The molecule has 6 heteroatoms. The third kappa shape index (κ3) is 2.68. The van der Waals surface area contributed by atoms with E-state index in [1.807, 2.05) is 25.1 Å². The molecule has 2 aromatic heterocycles. The van der Waals surface area contributed by atoms with Gasteiger partial charge >= 0.3 is 0 Å². The van der Waals surface area contributed by atoms with E-state index < -0.39 is 0 Å². The summed E-state index contributed by atoms with van der Waals surface area (Å²) in [7, 11) is 0. The van der Waals surface area contributed by atoms with Gasteiger partial charge in [-0.05, 0) is 25.1 Å². The van der Waals surface area contributed by atoms with Crippen molar-refractivity contribution in [2.45, 2.75) is 19.9 Å². The zero-order valence-corrected chi connectivity index (χ0v) is 13.3. The van der Waals surface area contributed by atoms with Gasteiger partial charge in [0.15, 0.2) is 0 Å². The van der Waals surface area contributed by atoms with Crippen molar-refractivity contribution >= 4 is 45.6 Å². The standard InChI is InChI=1S/C14H13Cl2N3S/c1-9-8-20-14(17-9)7-19-12-6-10(16)2-3-11(12)18-13(19)4-5-15/h2-3,6,8H,4-5,7H2,1H3. The van der Waals surface area contributed by atoms with Crippen LogP contribution in [-0.4, -0.2) is 20.4 Å².